The molecule has 0 amide bonds. The first-order valence-corrected chi connectivity index (χ1v) is 11.5. The van der Waals surface area contributed by atoms with Gasteiger partial charge in [-0.25, -0.2) is 0 Å². The van der Waals surface area contributed by atoms with Crippen LogP contribution < -0.4 is 0 Å². The number of rotatable bonds is 12. The van der Waals surface area contributed by atoms with Crippen molar-refractivity contribution in [3.8, 4) is 0 Å². The number of hydrogen-bond donors (Lipinski definition) is 0. The van der Waals surface area contributed by atoms with Gasteiger partial charge in [0.1, 0.15) is 5.60 Å². The summed E-state index contributed by atoms with van der Waals surface area (Å²) < 4.78 is 6.25. The van der Waals surface area contributed by atoms with Gasteiger partial charge >= 0.3 is 5.97 Å². The number of carbonyl (C=O) groups excluding carboxylic acids is 1. The summed E-state index contributed by atoms with van der Waals surface area (Å²) in [5, 5.41) is 0. The van der Waals surface area contributed by atoms with E-state index in [-0.39, 0.29) is 5.97 Å². The topological polar surface area (TPSA) is 26.3 Å². The van der Waals surface area contributed by atoms with Crippen LogP contribution in [-0.2, 0) is 15.1 Å². The molecule has 0 heterocycles. The summed E-state index contributed by atoms with van der Waals surface area (Å²) in [6, 6.07) is 10.5. The Morgan fingerprint density at radius 2 is 1.70 bits per heavy atom. The van der Waals surface area contributed by atoms with Crippen LogP contribution in [0.25, 0.3) is 0 Å². The van der Waals surface area contributed by atoms with Crippen LogP contribution in [0.3, 0.4) is 0 Å². The molecule has 1 fully saturated rings. The quantitative estimate of drug-likeness (QED) is 0.279. The van der Waals surface area contributed by atoms with Crippen LogP contribution in [0.15, 0.2) is 30.3 Å². The fraction of sp³-hybridized carbons (Fsp3) is 0.720. The van der Waals surface area contributed by atoms with E-state index in [0.29, 0.717) is 12.3 Å². The highest BCUT2D eigenvalue weighted by atomic mass is 16.6. The second kappa shape index (κ2) is 12.2. The molecule has 152 valence electrons. The summed E-state index contributed by atoms with van der Waals surface area (Å²) >= 11 is 0. The number of hydrogen-bond acceptors (Lipinski definition) is 2. The number of carbonyl (C=O) groups is 1. The summed E-state index contributed by atoms with van der Waals surface area (Å²) in [5.41, 5.74) is 0.802. The number of ether oxygens (including phenoxy) is 1. The lowest BCUT2D eigenvalue weighted by molar-refractivity contribution is -0.167. The highest BCUT2D eigenvalue weighted by molar-refractivity contribution is 5.70. The molecule has 0 radical (unpaired) electrons. The predicted molar refractivity (Wildman–Crippen MR) is 114 cm³/mol. The third-order valence-electron chi connectivity index (χ3n) is 6.10. The maximum Gasteiger partial charge on any atom is 0.306 e. The zero-order chi connectivity index (χ0) is 19.4. The maximum atomic E-state index is 12.7. The number of benzene rings is 1. The van der Waals surface area contributed by atoms with E-state index in [2.05, 4.69) is 38.1 Å². The van der Waals surface area contributed by atoms with E-state index in [1.165, 1.54) is 56.9 Å². The van der Waals surface area contributed by atoms with Gasteiger partial charge in [-0.3, -0.25) is 4.79 Å². The molecule has 0 N–H and O–H groups in total. The van der Waals surface area contributed by atoms with Crippen LogP contribution >= 0.6 is 0 Å². The molecule has 0 aliphatic heterocycles. The van der Waals surface area contributed by atoms with Gasteiger partial charge in [-0.05, 0) is 37.2 Å². The molecule has 1 aliphatic carbocycles. The standard InChI is InChI=1S/C25H40O2/c1-3-5-6-7-8-9-13-19-24(26)27-25(23-17-11-10-12-18-23)20-14-16-22(21-25)15-4-2/h10-12,17-18,22H,3-9,13-16,19-21H2,1-2H3. The summed E-state index contributed by atoms with van der Waals surface area (Å²) in [6.45, 7) is 4.50. The van der Waals surface area contributed by atoms with Crippen LogP contribution in [0.5, 0.6) is 0 Å². The average Bonchev–Trinajstić information content (AvgIpc) is 2.68. The molecule has 1 aromatic rings. The molecular formula is C25H40O2. The minimum Gasteiger partial charge on any atom is -0.454 e. The van der Waals surface area contributed by atoms with Crippen molar-refractivity contribution < 1.29 is 9.53 Å². The molecule has 0 spiro atoms. The van der Waals surface area contributed by atoms with Crippen LogP contribution in [0.1, 0.15) is 109 Å². The second-order valence-electron chi connectivity index (χ2n) is 8.46. The molecule has 1 saturated carbocycles. The van der Waals surface area contributed by atoms with Crippen molar-refractivity contribution in [2.45, 2.75) is 109 Å². The fourth-order valence-electron chi connectivity index (χ4n) is 4.65. The number of unbranched alkanes of at least 4 members (excludes halogenated alkanes) is 6. The smallest absolute Gasteiger partial charge is 0.306 e. The first-order chi connectivity index (χ1) is 13.2. The van der Waals surface area contributed by atoms with Gasteiger partial charge in [0, 0.05) is 6.42 Å². The van der Waals surface area contributed by atoms with E-state index in [4.69, 9.17) is 4.74 Å². The van der Waals surface area contributed by atoms with E-state index in [0.717, 1.165) is 32.1 Å². The Morgan fingerprint density at radius 3 is 2.41 bits per heavy atom. The molecule has 1 aliphatic rings. The van der Waals surface area contributed by atoms with Gasteiger partial charge in [-0.1, -0.05) is 102 Å². The van der Waals surface area contributed by atoms with E-state index < -0.39 is 5.60 Å². The molecule has 27 heavy (non-hydrogen) atoms. The van der Waals surface area contributed by atoms with Crippen molar-refractivity contribution in [3.05, 3.63) is 35.9 Å². The summed E-state index contributed by atoms with van der Waals surface area (Å²) in [7, 11) is 0. The average molecular weight is 373 g/mol. The molecule has 0 bridgehead atoms. The van der Waals surface area contributed by atoms with E-state index in [9.17, 15) is 4.79 Å². The predicted octanol–water partition coefficient (Wildman–Crippen LogP) is 7.56. The van der Waals surface area contributed by atoms with E-state index in [1.54, 1.807) is 0 Å². The molecule has 2 heteroatoms. The Kier molecular flexibility index (Phi) is 9.94. The van der Waals surface area contributed by atoms with Crippen molar-refractivity contribution in [2.24, 2.45) is 5.92 Å². The Balaban J connectivity index is 1.89. The Labute approximate surface area is 167 Å². The molecule has 2 unspecified atom stereocenters. The van der Waals surface area contributed by atoms with Crippen molar-refractivity contribution in [1.29, 1.82) is 0 Å². The normalized spacial score (nSPS) is 22.5. The lowest BCUT2D eigenvalue weighted by Crippen LogP contribution is -2.37. The Morgan fingerprint density at radius 1 is 1.00 bits per heavy atom. The monoisotopic (exact) mass is 372 g/mol. The van der Waals surface area contributed by atoms with Gasteiger partial charge in [-0.15, -0.1) is 0 Å². The Bertz CT molecular complexity index is 522. The van der Waals surface area contributed by atoms with Crippen LogP contribution in [0, 0.1) is 5.92 Å². The molecular weight excluding hydrogens is 332 g/mol. The molecule has 0 aromatic heterocycles. The van der Waals surface area contributed by atoms with E-state index >= 15 is 0 Å². The van der Waals surface area contributed by atoms with Gasteiger partial charge in [0.2, 0.25) is 0 Å². The second-order valence-corrected chi connectivity index (χ2v) is 8.46. The molecule has 1 aromatic carbocycles. The SMILES string of the molecule is CCCCCCCCCC(=O)OC1(c2ccccc2)CCCC(CCC)C1. The minimum absolute atomic E-state index is 0.00422. The number of esters is 1. The first-order valence-electron chi connectivity index (χ1n) is 11.5. The third kappa shape index (κ3) is 7.31. The highest BCUT2D eigenvalue weighted by Gasteiger charge is 2.40. The van der Waals surface area contributed by atoms with Crippen LogP contribution in [-0.4, -0.2) is 5.97 Å². The van der Waals surface area contributed by atoms with Gasteiger partial charge in [0.05, 0.1) is 0 Å². The zero-order valence-corrected chi connectivity index (χ0v) is 17.7. The van der Waals surface area contributed by atoms with Gasteiger partial charge in [0.15, 0.2) is 0 Å². The summed E-state index contributed by atoms with van der Waals surface area (Å²) in [5.74, 6) is 0.680. The molecule has 2 nitrogen and oxygen atoms in total. The van der Waals surface area contributed by atoms with Crippen molar-refractivity contribution in [3.63, 3.8) is 0 Å². The van der Waals surface area contributed by atoms with E-state index in [1.807, 2.05) is 6.07 Å². The summed E-state index contributed by atoms with van der Waals surface area (Å²) in [6.07, 6.45) is 16.0. The lowest BCUT2D eigenvalue weighted by Gasteiger charge is -2.41. The summed E-state index contributed by atoms with van der Waals surface area (Å²) in [4.78, 5) is 12.7. The first kappa shape index (κ1) is 22.0. The van der Waals surface area contributed by atoms with Crippen molar-refractivity contribution in [1.82, 2.24) is 0 Å². The van der Waals surface area contributed by atoms with Gasteiger partial charge < -0.3 is 4.74 Å². The lowest BCUT2D eigenvalue weighted by atomic mass is 9.73. The molecule has 2 rings (SSSR count). The van der Waals surface area contributed by atoms with Crippen LogP contribution in [0.2, 0.25) is 0 Å². The largest absolute Gasteiger partial charge is 0.454 e. The molecule has 0 saturated heterocycles. The highest BCUT2D eigenvalue weighted by Crippen LogP contribution is 2.44. The van der Waals surface area contributed by atoms with Crippen molar-refractivity contribution >= 4 is 5.97 Å². The third-order valence-corrected chi connectivity index (χ3v) is 6.10. The fourth-order valence-corrected chi connectivity index (χ4v) is 4.65. The maximum absolute atomic E-state index is 12.7. The van der Waals surface area contributed by atoms with Gasteiger partial charge in [0.25, 0.3) is 0 Å². The molecule has 2 atom stereocenters. The van der Waals surface area contributed by atoms with Gasteiger partial charge in [-0.2, -0.15) is 0 Å². The van der Waals surface area contributed by atoms with Crippen LogP contribution in [0.4, 0.5) is 0 Å². The minimum atomic E-state index is -0.391. The van der Waals surface area contributed by atoms with Crippen molar-refractivity contribution in [2.75, 3.05) is 0 Å². The zero-order valence-electron chi connectivity index (χ0n) is 17.7. The Hall–Kier alpha value is -1.31.